The Hall–Kier alpha value is -3.78. The average molecular weight is 563 g/mol. The van der Waals surface area contributed by atoms with Crippen LogP contribution in [0, 0.1) is 10.6 Å². The molecule has 5 rings (SSSR count). The highest BCUT2D eigenvalue weighted by Crippen LogP contribution is 2.30. The second-order valence-electron chi connectivity index (χ2n) is 8.54. The molecule has 1 saturated heterocycles. The van der Waals surface area contributed by atoms with Gasteiger partial charge in [-0.05, 0) is 29.8 Å². The van der Waals surface area contributed by atoms with Crippen LogP contribution in [0.25, 0.3) is 21.9 Å². The lowest BCUT2D eigenvalue weighted by atomic mass is 10.1. The number of urea groups is 1. The van der Waals surface area contributed by atoms with Gasteiger partial charge in [-0.25, -0.2) is 13.4 Å². The molecule has 0 saturated carbocycles. The molecule has 2 aromatic carbocycles. The predicted octanol–water partition coefficient (Wildman–Crippen LogP) is 5.43. The van der Waals surface area contributed by atoms with E-state index in [-0.39, 0.29) is 48.2 Å². The molecular formula is C24H21F3N6O3S2. The van der Waals surface area contributed by atoms with E-state index in [0.29, 0.717) is 5.69 Å². The van der Waals surface area contributed by atoms with Gasteiger partial charge in [0.25, 0.3) is 5.89 Å². The summed E-state index contributed by atoms with van der Waals surface area (Å²) in [6.45, 7) is 0.157. The van der Waals surface area contributed by atoms with Crippen molar-refractivity contribution in [1.82, 2.24) is 20.1 Å². The lowest BCUT2D eigenvalue weighted by Gasteiger charge is -2.34. The molecule has 3 heterocycles. The number of carbonyl (C=O) groups excluding carboxylic acids is 1. The summed E-state index contributed by atoms with van der Waals surface area (Å²) in [5, 5.41) is 6.81. The average Bonchev–Trinajstić information content (AvgIpc) is 3.61. The fraction of sp³-hybridized carbons (Fsp3) is 0.250. The predicted molar refractivity (Wildman–Crippen MR) is 136 cm³/mol. The third kappa shape index (κ3) is 5.55. The summed E-state index contributed by atoms with van der Waals surface area (Å²) >= 11 is 1.44. The second-order valence-corrected chi connectivity index (χ2v) is 11.9. The lowest BCUT2D eigenvalue weighted by molar-refractivity contribution is 0.116. The summed E-state index contributed by atoms with van der Waals surface area (Å²) in [4.78, 5) is 21.6. The Bertz CT molecular complexity index is 1550. The Morgan fingerprint density at radius 3 is 2.61 bits per heavy atom. The first-order valence-corrected chi connectivity index (χ1v) is 14.2. The quantitative estimate of drug-likeness (QED) is 0.335. The summed E-state index contributed by atoms with van der Waals surface area (Å²) in [5.41, 5.74) is 3.33. The number of nitrogens with zero attached hydrogens (tertiary/aromatic N) is 5. The van der Waals surface area contributed by atoms with E-state index < -0.39 is 33.9 Å². The highest BCUT2D eigenvalue weighted by molar-refractivity contribution is 7.92. The Morgan fingerprint density at radius 1 is 1.16 bits per heavy atom. The molecule has 38 heavy (non-hydrogen) atoms. The Morgan fingerprint density at radius 2 is 1.95 bits per heavy atom. The van der Waals surface area contributed by atoms with Crippen molar-refractivity contribution in [2.75, 3.05) is 29.5 Å². The number of anilines is 1. The van der Waals surface area contributed by atoms with Crippen molar-refractivity contribution in [3.63, 3.8) is 0 Å². The van der Waals surface area contributed by atoms with Crippen LogP contribution in [0.4, 0.5) is 23.7 Å². The van der Waals surface area contributed by atoms with Gasteiger partial charge in [-0.2, -0.15) is 8.78 Å². The highest BCUT2D eigenvalue weighted by Gasteiger charge is 2.29. The molecule has 0 bridgehead atoms. The molecule has 1 N–H and O–H groups in total. The molecule has 2 aromatic heterocycles. The van der Waals surface area contributed by atoms with E-state index in [4.69, 9.17) is 9.20 Å². The monoisotopic (exact) mass is 562 g/mol. The molecule has 0 atom stereocenters. The molecular weight excluding hydrogens is 541 g/mol. The van der Waals surface area contributed by atoms with Gasteiger partial charge in [-0.15, -0.1) is 21.5 Å². The zero-order chi connectivity index (χ0) is 26.9. The molecule has 0 unspecified atom stereocenters. The summed E-state index contributed by atoms with van der Waals surface area (Å²) in [6.07, 6.45) is -1.24. The van der Waals surface area contributed by atoms with Crippen LogP contribution in [0.2, 0.25) is 0 Å². The van der Waals surface area contributed by atoms with E-state index in [0.717, 1.165) is 16.5 Å². The van der Waals surface area contributed by atoms with Gasteiger partial charge in [-0.1, -0.05) is 18.2 Å². The number of carbonyl (C=O) groups is 1. The fourth-order valence-electron chi connectivity index (χ4n) is 3.96. The van der Waals surface area contributed by atoms with Gasteiger partial charge in [-0.3, -0.25) is 14.7 Å². The van der Waals surface area contributed by atoms with Crippen LogP contribution in [-0.4, -0.2) is 54.9 Å². The van der Waals surface area contributed by atoms with Crippen LogP contribution in [-0.2, 0) is 16.3 Å². The van der Waals surface area contributed by atoms with E-state index in [1.807, 2.05) is 6.07 Å². The van der Waals surface area contributed by atoms with Gasteiger partial charge < -0.3 is 9.32 Å². The summed E-state index contributed by atoms with van der Waals surface area (Å²) in [5.74, 6) is -1.66. The molecule has 1 aliphatic heterocycles. The molecule has 1 aliphatic rings. The molecule has 0 spiro atoms. The number of alkyl halides is 2. The Labute approximate surface area is 219 Å². The highest BCUT2D eigenvalue weighted by atomic mass is 32.2. The van der Waals surface area contributed by atoms with Crippen molar-refractivity contribution in [1.29, 1.82) is 4.78 Å². The molecule has 2 amide bonds. The van der Waals surface area contributed by atoms with Gasteiger partial charge in [0.1, 0.15) is 5.82 Å². The number of thiazole rings is 1. The minimum absolute atomic E-state index is 0.0708. The van der Waals surface area contributed by atoms with Gasteiger partial charge in [0.15, 0.2) is 0 Å². The summed E-state index contributed by atoms with van der Waals surface area (Å²) in [6, 6.07) is 10.8. The SMILES string of the molecule is N=S1(=O)CCN(C(=O)N(Cc2ccc(-c3nnc(C(F)F)o3)cc2F)c2cccc(-c3cncs3)c2)CC1. The number of aromatic nitrogens is 3. The van der Waals surface area contributed by atoms with E-state index in [1.54, 1.807) is 29.9 Å². The zero-order valence-corrected chi connectivity index (χ0v) is 21.4. The first-order chi connectivity index (χ1) is 18.2. The molecule has 0 aliphatic carbocycles. The van der Waals surface area contributed by atoms with Crippen molar-refractivity contribution in [2.45, 2.75) is 13.0 Å². The van der Waals surface area contributed by atoms with Gasteiger partial charge in [0, 0.05) is 57.3 Å². The maximum absolute atomic E-state index is 15.2. The van der Waals surface area contributed by atoms with E-state index in [9.17, 15) is 17.8 Å². The lowest BCUT2D eigenvalue weighted by Crippen LogP contribution is -2.49. The van der Waals surface area contributed by atoms with Gasteiger partial charge in [0.2, 0.25) is 5.89 Å². The molecule has 4 aromatic rings. The maximum atomic E-state index is 15.2. The van der Waals surface area contributed by atoms with E-state index in [1.165, 1.54) is 33.3 Å². The zero-order valence-electron chi connectivity index (χ0n) is 19.7. The van der Waals surface area contributed by atoms with Crippen molar-refractivity contribution < 1.29 is 26.6 Å². The Balaban J connectivity index is 1.46. The second kappa shape index (κ2) is 10.5. The van der Waals surface area contributed by atoms with Crippen LogP contribution in [0.3, 0.4) is 0 Å². The van der Waals surface area contributed by atoms with Crippen molar-refractivity contribution in [3.05, 3.63) is 71.4 Å². The fourth-order valence-corrected chi connectivity index (χ4v) is 5.82. The largest absolute Gasteiger partial charge is 0.415 e. The van der Waals surface area contributed by atoms with Crippen LogP contribution < -0.4 is 4.90 Å². The molecule has 14 heteroatoms. The van der Waals surface area contributed by atoms with Crippen LogP contribution in [0.5, 0.6) is 0 Å². The minimum atomic E-state index is -2.95. The topological polar surface area (TPSA) is 116 Å². The third-order valence-electron chi connectivity index (χ3n) is 6.01. The molecule has 0 radical (unpaired) electrons. The number of hydrogen-bond acceptors (Lipinski definition) is 8. The number of rotatable bonds is 6. The smallest absolute Gasteiger partial charge is 0.324 e. The van der Waals surface area contributed by atoms with Crippen molar-refractivity contribution in [2.24, 2.45) is 0 Å². The Kier molecular flexibility index (Phi) is 7.17. The molecule has 1 fully saturated rings. The van der Waals surface area contributed by atoms with Gasteiger partial charge in [0.05, 0.1) is 16.9 Å². The normalized spacial score (nSPS) is 15.1. The first-order valence-electron chi connectivity index (χ1n) is 11.4. The van der Waals surface area contributed by atoms with Crippen LogP contribution >= 0.6 is 11.3 Å². The number of hydrogen-bond donors (Lipinski definition) is 1. The van der Waals surface area contributed by atoms with E-state index >= 15 is 4.39 Å². The minimum Gasteiger partial charge on any atom is -0.415 e. The number of amides is 2. The van der Waals surface area contributed by atoms with Crippen molar-refractivity contribution >= 4 is 32.8 Å². The summed E-state index contributed by atoms with van der Waals surface area (Å²) < 4.78 is 65.7. The van der Waals surface area contributed by atoms with Crippen LogP contribution in [0.15, 0.2) is 58.6 Å². The summed E-state index contributed by atoms with van der Waals surface area (Å²) in [7, 11) is -2.72. The van der Waals surface area contributed by atoms with Crippen LogP contribution in [0.1, 0.15) is 17.9 Å². The number of nitrogens with one attached hydrogen (secondary N) is 1. The first kappa shape index (κ1) is 25.9. The molecule has 198 valence electrons. The maximum Gasteiger partial charge on any atom is 0.324 e. The number of halogens is 3. The third-order valence-corrected chi connectivity index (χ3v) is 8.52. The number of benzene rings is 2. The van der Waals surface area contributed by atoms with Crippen molar-refractivity contribution in [3.8, 4) is 21.9 Å². The van der Waals surface area contributed by atoms with Gasteiger partial charge >= 0.3 is 12.5 Å². The standard InChI is InChI=1S/C24H21F3N6O3S2/c25-19-11-16(22-30-31-23(36-22)21(26)27)4-5-17(19)13-33(24(34)32-6-8-38(28,35)9-7-32)18-3-1-2-15(10-18)20-12-29-14-37-20/h1-5,10-12,14,21,28H,6-9,13H2. The van der Waals surface area contributed by atoms with E-state index in [2.05, 4.69) is 15.2 Å². The molecule has 9 nitrogen and oxygen atoms in total.